The molecule has 164 valence electrons. The number of anilines is 1. The molecule has 1 N–H and O–H groups in total. The molecular formula is C22H26N4O4S. The van der Waals surface area contributed by atoms with E-state index in [0.29, 0.717) is 43.2 Å². The van der Waals surface area contributed by atoms with Gasteiger partial charge in [-0.3, -0.25) is 4.79 Å². The maximum Gasteiger partial charge on any atom is 0.265 e. The minimum absolute atomic E-state index is 0.144. The molecule has 0 bridgehead atoms. The molecule has 0 aliphatic carbocycles. The van der Waals surface area contributed by atoms with Crippen molar-refractivity contribution < 1.29 is 17.9 Å². The van der Waals surface area contributed by atoms with Crippen LogP contribution in [0.1, 0.15) is 19.4 Å². The molecule has 0 spiro atoms. The summed E-state index contributed by atoms with van der Waals surface area (Å²) < 4.78 is 33.1. The van der Waals surface area contributed by atoms with Crippen LogP contribution in [0.5, 0.6) is 5.75 Å². The van der Waals surface area contributed by atoms with E-state index in [1.165, 1.54) is 16.4 Å². The summed E-state index contributed by atoms with van der Waals surface area (Å²) in [6.45, 7) is 6.83. The van der Waals surface area contributed by atoms with Crippen LogP contribution in [0.25, 0.3) is 0 Å². The first kappa shape index (κ1) is 22.7. The molecule has 9 heteroatoms. The molecule has 1 aliphatic heterocycles. The summed E-state index contributed by atoms with van der Waals surface area (Å²) in [4.78, 5) is 14.9. The maximum atomic E-state index is 13.0. The van der Waals surface area contributed by atoms with Crippen molar-refractivity contribution in [2.45, 2.75) is 24.8 Å². The van der Waals surface area contributed by atoms with Crippen LogP contribution in [0.3, 0.4) is 0 Å². The van der Waals surface area contributed by atoms with Crippen LogP contribution in [0.2, 0.25) is 0 Å². The van der Waals surface area contributed by atoms with E-state index in [2.05, 4.69) is 17.1 Å². The smallest absolute Gasteiger partial charge is 0.265 e. The molecule has 8 nitrogen and oxygen atoms in total. The Morgan fingerprint density at radius 3 is 2.55 bits per heavy atom. The van der Waals surface area contributed by atoms with Gasteiger partial charge in [-0.15, -0.1) is 0 Å². The van der Waals surface area contributed by atoms with E-state index in [4.69, 9.17) is 10.00 Å². The highest BCUT2D eigenvalue weighted by atomic mass is 32.2. The molecule has 1 atom stereocenters. The summed E-state index contributed by atoms with van der Waals surface area (Å²) in [5.41, 5.74) is 0.808. The monoisotopic (exact) mass is 442 g/mol. The van der Waals surface area contributed by atoms with Crippen LogP contribution in [-0.4, -0.2) is 62.4 Å². The molecule has 0 saturated carbocycles. The second-order valence-corrected chi connectivity index (χ2v) is 9.19. The number of piperazine rings is 1. The topological polar surface area (TPSA) is 103 Å². The van der Waals surface area contributed by atoms with Gasteiger partial charge in [0.25, 0.3) is 5.91 Å². The molecule has 3 rings (SSSR count). The predicted molar refractivity (Wildman–Crippen MR) is 117 cm³/mol. The Bertz CT molecular complexity index is 1070. The van der Waals surface area contributed by atoms with Gasteiger partial charge in [0, 0.05) is 31.9 Å². The average molecular weight is 443 g/mol. The minimum atomic E-state index is -3.63. The SMILES string of the molecule is CCN1CCN(S(=O)(=O)c2cccc(NC(=O)C(C)Oc3cccc(C#N)c3)c2)CC1. The van der Waals surface area contributed by atoms with Crippen molar-refractivity contribution in [3.8, 4) is 11.8 Å². The molecular weight excluding hydrogens is 416 g/mol. The van der Waals surface area contributed by atoms with Gasteiger partial charge in [-0.2, -0.15) is 9.57 Å². The fourth-order valence-electron chi connectivity index (χ4n) is 3.31. The van der Waals surface area contributed by atoms with Gasteiger partial charge in [-0.25, -0.2) is 8.42 Å². The second kappa shape index (κ2) is 9.92. The summed E-state index contributed by atoms with van der Waals surface area (Å²) >= 11 is 0. The van der Waals surface area contributed by atoms with E-state index in [9.17, 15) is 13.2 Å². The summed E-state index contributed by atoms with van der Waals surface area (Å²) in [6.07, 6.45) is -0.837. The normalized spacial score (nSPS) is 16.3. The van der Waals surface area contributed by atoms with Crippen LogP contribution in [0.15, 0.2) is 53.4 Å². The zero-order chi connectivity index (χ0) is 22.4. The van der Waals surface area contributed by atoms with Crippen LogP contribution in [-0.2, 0) is 14.8 Å². The Hall–Kier alpha value is -2.93. The first-order valence-corrected chi connectivity index (χ1v) is 11.6. The van der Waals surface area contributed by atoms with Crippen molar-refractivity contribution in [3.63, 3.8) is 0 Å². The predicted octanol–water partition coefficient (Wildman–Crippen LogP) is 2.29. The molecule has 1 fully saturated rings. The molecule has 1 saturated heterocycles. The Morgan fingerprint density at radius 1 is 1.16 bits per heavy atom. The lowest BCUT2D eigenvalue weighted by molar-refractivity contribution is -0.122. The number of likely N-dealkylation sites (N-methyl/N-ethyl adjacent to an activating group) is 1. The van der Waals surface area contributed by atoms with Crippen molar-refractivity contribution >= 4 is 21.6 Å². The molecule has 2 aromatic rings. The molecule has 0 aromatic heterocycles. The van der Waals surface area contributed by atoms with Gasteiger partial charge in [0.2, 0.25) is 10.0 Å². The summed E-state index contributed by atoms with van der Waals surface area (Å²) in [6, 6.07) is 14.8. The number of nitrogens with zero attached hydrogens (tertiary/aromatic N) is 3. The number of rotatable bonds is 7. The van der Waals surface area contributed by atoms with Crippen molar-refractivity contribution in [2.75, 3.05) is 38.0 Å². The molecule has 1 heterocycles. The number of nitrogens with one attached hydrogen (secondary N) is 1. The van der Waals surface area contributed by atoms with Gasteiger partial charge < -0.3 is 15.0 Å². The number of ether oxygens (including phenoxy) is 1. The Morgan fingerprint density at radius 2 is 1.87 bits per heavy atom. The maximum absolute atomic E-state index is 13.0. The highest BCUT2D eigenvalue weighted by Gasteiger charge is 2.28. The van der Waals surface area contributed by atoms with Gasteiger partial charge in [0.05, 0.1) is 16.5 Å². The van der Waals surface area contributed by atoms with Crippen molar-refractivity contribution in [2.24, 2.45) is 0 Å². The Kier molecular flexibility index (Phi) is 7.28. The van der Waals surface area contributed by atoms with Gasteiger partial charge in [0.1, 0.15) is 5.75 Å². The fraction of sp³-hybridized carbons (Fsp3) is 0.364. The van der Waals surface area contributed by atoms with Crippen LogP contribution in [0.4, 0.5) is 5.69 Å². The molecule has 2 aromatic carbocycles. The van der Waals surface area contributed by atoms with Crippen molar-refractivity contribution in [1.29, 1.82) is 5.26 Å². The average Bonchev–Trinajstić information content (AvgIpc) is 2.79. The Labute approximate surface area is 183 Å². The highest BCUT2D eigenvalue weighted by Crippen LogP contribution is 2.21. The van der Waals surface area contributed by atoms with E-state index in [0.717, 1.165) is 6.54 Å². The molecule has 1 aliphatic rings. The van der Waals surface area contributed by atoms with Crippen LogP contribution < -0.4 is 10.1 Å². The van der Waals surface area contributed by atoms with Gasteiger partial charge in [0.15, 0.2) is 6.10 Å². The number of benzene rings is 2. The van der Waals surface area contributed by atoms with Crippen LogP contribution >= 0.6 is 0 Å². The van der Waals surface area contributed by atoms with Gasteiger partial charge in [-0.1, -0.05) is 19.1 Å². The zero-order valence-corrected chi connectivity index (χ0v) is 18.4. The first-order valence-electron chi connectivity index (χ1n) is 10.1. The zero-order valence-electron chi connectivity index (χ0n) is 17.6. The van der Waals surface area contributed by atoms with Gasteiger partial charge >= 0.3 is 0 Å². The number of sulfonamides is 1. The largest absolute Gasteiger partial charge is 0.481 e. The third-order valence-corrected chi connectivity index (χ3v) is 7.06. The van der Waals surface area contributed by atoms with E-state index in [1.807, 2.05) is 6.07 Å². The minimum Gasteiger partial charge on any atom is -0.481 e. The van der Waals surface area contributed by atoms with Crippen molar-refractivity contribution in [3.05, 3.63) is 54.1 Å². The molecule has 0 radical (unpaired) electrons. The van der Waals surface area contributed by atoms with E-state index < -0.39 is 22.0 Å². The molecule has 1 unspecified atom stereocenters. The number of hydrogen-bond acceptors (Lipinski definition) is 6. The first-order chi connectivity index (χ1) is 14.8. The highest BCUT2D eigenvalue weighted by molar-refractivity contribution is 7.89. The summed E-state index contributed by atoms with van der Waals surface area (Å²) in [7, 11) is -3.63. The number of amides is 1. The lowest BCUT2D eigenvalue weighted by Gasteiger charge is -2.33. The summed E-state index contributed by atoms with van der Waals surface area (Å²) in [5, 5.41) is 11.7. The van der Waals surface area contributed by atoms with E-state index in [-0.39, 0.29) is 4.90 Å². The molecule has 31 heavy (non-hydrogen) atoms. The lowest BCUT2D eigenvalue weighted by atomic mass is 10.2. The van der Waals surface area contributed by atoms with E-state index >= 15 is 0 Å². The Balaban J connectivity index is 1.67. The number of carbonyl (C=O) groups excluding carboxylic acids is 1. The number of nitriles is 1. The number of hydrogen-bond donors (Lipinski definition) is 1. The third-order valence-electron chi connectivity index (χ3n) is 5.16. The standard InChI is InChI=1S/C22H26N4O4S/c1-3-25-10-12-26(13-11-25)31(28,29)21-9-5-7-19(15-21)24-22(27)17(2)30-20-8-4-6-18(14-20)16-23/h4-9,14-15,17H,3,10-13H2,1-2H3,(H,24,27). The fourth-order valence-corrected chi connectivity index (χ4v) is 4.78. The number of carbonyl (C=O) groups is 1. The van der Waals surface area contributed by atoms with Crippen molar-refractivity contribution in [1.82, 2.24) is 9.21 Å². The quantitative estimate of drug-likeness (QED) is 0.706. The second-order valence-electron chi connectivity index (χ2n) is 7.26. The summed E-state index contributed by atoms with van der Waals surface area (Å²) in [5.74, 6) is -0.0160. The molecule has 1 amide bonds. The third kappa shape index (κ3) is 5.61. The lowest BCUT2D eigenvalue weighted by Crippen LogP contribution is -2.48. The van der Waals surface area contributed by atoms with Gasteiger partial charge in [-0.05, 0) is 49.9 Å². The van der Waals surface area contributed by atoms with E-state index in [1.54, 1.807) is 43.3 Å². The van der Waals surface area contributed by atoms with Crippen LogP contribution in [0, 0.1) is 11.3 Å².